The van der Waals surface area contributed by atoms with E-state index in [0.717, 1.165) is 32.7 Å². The molecule has 0 spiro atoms. The number of benzene rings is 2. The van der Waals surface area contributed by atoms with E-state index >= 15 is 0 Å². The van der Waals surface area contributed by atoms with Crippen LogP contribution in [0.1, 0.15) is 18.1 Å². The summed E-state index contributed by atoms with van der Waals surface area (Å²) >= 11 is 6.01. The highest BCUT2D eigenvalue weighted by Crippen LogP contribution is 2.22. The van der Waals surface area contributed by atoms with Gasteiger partial charge >= 0.3 is 0 Å². The normalized spacial score (nSPS) is 20.9. The molecule has 1 amide bonds. The van der Waals surface area contributed by atoms with Crippen LogP contribution in [0.2, 0.25) is 5.02 Å². The van der Waals surface area contributed by atoms with Gasteiger partial charge in [0.15, 0.2) is 6.04 Å². The Bertz CT molecular complexity index is 806. The number of rotatable bonds is 5. The highest BCUT2D eigenvalue weighted by Gasteiger charge is 2.31. The summed E-state index contributed by atoms with van der Waals surface area (Å²) in [6.07, 6.45) is 0. The number of halogens is 2. The van der Waals surface area contributed by atoms with Crippen molar-refractivity contribution in [1.29, 1.82) is 0 Å². The van der Waals surface area contributed by atoms with E-state index in [9.17, 15) is 9.18 Å². The third kappa shape index (κ3) is 5.06. The molecule has 0 saturated carbocycles. The van der Waals surface area contributed by atoms with Gasteiger partial charge in [-0.3, -0.25) is 4.79 Å². The lowest BCUT2D eigenvalue weighted by molar-refractivity contribution is -1.02. The molecule has 3 rings (SSSR count). The summed E-state index contributed by atoms with van der Waals surface area (Å²) in [5, 5.41) is 3.05. The van der Waals surface area contributed by atoms with Gasteiger partial charge in [0, 0.05) is 5.56 Å². The van der Waals surface area contributed by atoms with Gasteiger partial charge in [-0.1, -0.05) is 35.9 Å². The number of piperazine rings is 1. The van der Waals surface area contributed by atoms with Crippen LogP contribution in [0, 0.1) is 12.7 Å². The van der Waals surface area contributed by atoms with Crippen molar-refractivity contribution in [3.8, 4) is 0 Å². The summed E-state index contributed by atoms with van der Waals surface area (Å²) in [7, 11) is 0. The van der Waals surface area contributed by atoms with Gasteiger partial charge < -0.3 is 15.1 Å². The number of carbonyl (C=O) groups is 1. The topological polar surface area (TPSA) is 38.0 Å². The van der Waals surface area contributed by atoms with Gasteiger partial charge in [-0.2, -0.15) is 0 Å². The zero-order chi connectivity index (χ0) is 19.4. The molecule has 6 heteroatoms. The van der Waals surface area contributed by atoms with E-state index in [0.29, 0.717) is 5.69 Å². The van der Waals surface area contributed by atoms with E-state index in [2.05, 4.69) is 36.5 Å². The number of anilines is 1. The predicted molar refractivity (Wildman–Crippen MR) is 106 cm³/mol. The molecule has 0 unspecified atom stereocenters. The highest BCUT2D eigenvalue weighted by atomic mass is 35.5. The third-order valence-electron chi connectivity index (χ3n) is 5.50. The summed E-state index contributed by atoms with van der Waals surface area (Å²) in [4.78, 5) is 15.4. The first-order chi connectivity index (χ1) is 12.9. The van der Waals surface area contributed by atoms with Gasteiger partial charge in [0.2, 0.25) is 0 Å². The third-order valence-corrected chi connectivity index (χ3v) is 5.81. The van der Waals surface area contributed by atoms with Crippen LogP contribution in [0.15, 0.2) is 42.5 Å². The van der Waals surface area contributed by atoms with Crippen molar-refractivity contribution in [2.24, 2.45) is 0 Å². The van der Waals surface area contributed by atoms with E-state index in [1.165, 1.54) is 34.2 Å². The molecule has 0 aliphatic carbocycles. The maximum absolute atomic E-state index is 13.1. The van der Waals surface area contributed by atoms with Gasteiger partial charge in [0.1, 0.15) is 38.5 Å². The van der Waals surface area contributed by atoms with Crippen LogP contribution in [0.3, 0.4) is 0 Å². The molecule has 0 aromatic heterocycles. The average Bonchev–Trinajstić information content (AvgIpc) is 2.66. The fourth-order valence-electron chi connectivity index (χ4n) is 3.63. The van der Waals surface area contributed by atoms with E-state index in [4.69, 9.17) is 11.6 Å². The van der Waals surface area contributed by atoms with Crippen LogP contribution < -0.4 is 15.1 Å². The Labute approximate surface area is 164 Å². The molecule has 1 saturated heterocycles. The second-order valence-corrected chi connectivity index (χ2v) is 7.75. The van der Waals surface area contributed by atoms with Crippen LogP contribution in [-0.4, -0.2) is 38.1 Å². The summed E-state index contributed by atoms with van der Waals surface area (Å²) in [6, 6.07) is 12.4. The Hall–Kier alpha value is -1.95. The molecule has 1 heterocycles. The number of hydrogen-bond acceptors (Lipinski definition) is 1. The predicted octanol–water partition coefficient (Wildman–Crippen LogP) is 1.10. The van der Waals surface area contributed by atoms with Crippen molar-refractivity contribution >= 4 is 23.2 Å². The summed E-state index contributed by atoms with van der Waals surface area (Å²) in [5.74, 6) is -0.495. The molecule has 0 bridgehead atoms. The van der Waals surface area contributed by atoms with Crippen LogP contribution in [0.4, 0.5) is 10.1 Å². The maximum Gasteiger partial charge on any atom is 0.282 e. The SMILES string of the molecule is Cc1ccccc1C[NH+]1CC[NH+]([C@H](C)C(=O)Nc2ccc(F)cc2Cl)CC1. The molecule has 27 heavy (non-hydrogen) atoms. The average molecular weight is 392 g/mol. The molecule has 0 radical (unpaired) electrons. The van der Waals surface area contributed by atoms with Gasteiger partial charge in [-0.05, 0) is 37.6 Å². The number of hydrogen-bond donors (Lipinski definition) is 3. The molecule has 2 aromatic rings. The van der Waals surface area contributed by atoms with Gasteiger partial charge in [-0.25, -0.2) is 4.39 Å². The molecule has 1 aliphatic rings. The lowest BCUT2D eigenvalue weighted by Gasteiger charge is -2.32. The quantitative estimate of drug-likeness (QED) is 0.701. The van der Waals surface area contributed by atoms with Crippen LogP contribution in [-0.2, 0) is 11.3 Å². The van der Waals surface area contributed by atoms with E-state index < -0.39 is 5.82 Å². The number of aryl methyl sites for hydroxylation is 1. The second-order valence-electron chi connectivity index (χ2n) is 7.35. The molecule has 4 nitrogen and oxygen atoms in total. The minimum atomic E-state index is -0.413. The maximum atomic E-state index is 13.1. The minimum Gasteiger partial charge on any atom is -0.322 e. The summed E-state index contributed by atoms with van der Waals surface area (Å²) in [5.41, 5.74) is 3.19. The summed E-state index contributed by atoms with van der Waals surface area (Å²) < 4.78 is 13.1. The van der Waals surface area contributed by atoms with E-state index in [1.807, 2.05) is 6.92 Å². The van der Waals surface area contributed by atoms with Gasteiger partial charge in [0.25, 0.3) is 5.91 Å². The van der Waals surface area contributed by atoms with Crippen molar-refractivity contribution in [1.82, 2.24) is 0 Å². The molecule has 1 atom stereocenters. The summed E-state index contributed by atoms with van der Waals surface area (Å²) in [6.45, 7) is 9.11. The van der Waals surface area contributed by atoms with Crippen molar-refractivity contribution in [3.05, 3.63) is 64.4 Å². The number of quaternary nitrogens is 2. The Balaban J connectivity index is 1.52. The Morgan fingerprint density at radius 2 is 1.89 bits per heavy atom. The van der Waals surface area contributed by atoms with Crippen molar-refractivity contribution < 1.29 is 19.0 Å². The molecular formula is C21H27ClFN3O+2. The van der Waals surface area contributed by atoms with Crippen molar-refractivity contribution in [3.63, 3.8) is 0 Å². The first kappa shape index (κ1) is 19.8. The lowest BCUT2D eigenvalue weighted by Crippen LogP contribution is -3.29. The largest absolute Gasteiger partial charge is 0.322 e. The Morgan fingerprint density at radius 3 is 2.56 bits per heavy atom. The first-order valence-corrected chi connectivity index (χ1v) is 9.80. The smallest absolute Gasteiger partial charge is 0.282 e. The van der Waals surface area contributed by atoms with Crippen LogP contribution in [0.25, 0.3) is 0 Å². The van der Waals surface area contributed by atoms with E-state index in [1.54, 1.807) is 4.90 Å². The number of carbonyl (C=O) groups excluding carboxylic acids is 1. The lowest BCUT2D eigenvalue weighted by atomic mass is 10.1. The number of nitrogens with one attached hydrogen (secondary N) is 3. The fourth-order valence-corrected chi connectivity index (χ4v) is 3.84. The van der Waals surface area contributed by atoms with E-state index in [-0.39, 0.29) is 17.0 Å². The molecular weight excluding hydrogens is 365 g/mol. The monoisotopic (exact) mass is 391 g/mol. The number of amides is 1. The Kier molecular flexibility index (Phi) is 6.47. The molecule has 1 aliphatic heterocycles. The molecule has 1 fully saturated rings. The van der Waals surface area contributed by atoms with Crippen LogP contribution >= 0.6 is 11.6 Å². The standard InChI is InChI=1S/C21H25ClFN3O/c1-15-5-3-4-6-17(15)14-25-9-11-26(12-10-25)16(2)21(27)24-20-8-7-18(23)13-19(20)22/h3-8,13,16H,9-12,14H2,1-2H3,(H,24,27)/p+2/t16-/m1/s1. The van der Waals surface area contributed by atoms with Crippen LogP contribution in [0.5, 0.6) is 0 Å². The van der Waals surface area contributed by atoms with Crippen molar-refractivity contribution in [2.75, 3.05) is 31.5 Å². The second kappa shape index (κ2) is 8.83. The first-order valence-electron chi connectivity index (χ1n) is 9.42. The molecule has 144 valence electrons. The van der Waals surface area contributed by atoms with Crippen molar-refractivity contribution in [2.45, 2.75) is 26.4 Å². The Morgan fingerprint density at radius 1 is 1.19 bits per heavy atom. The highest BCUT2D eigenvalue weighted by molar-refractivity contribution is 6.33. The van der Waals surface area contributed by atoms with Gasteiger partial charge in [-0.15, -0.1) is 0 Å². The van der Waals surface area contributed by atoms with Gasteiger partial charge in [0.05, 0.1) is 10.7 Å². The molecule has 2 aromatic carbocycles. The fraction of sp³-hybridized carbons (Fsp3) is 0.381. The molecule has 3 N–H and O–H groups in total. The minimum absolute atomic E-state index is 0.0825. The zero-order valence-electron chi connectivity index (χ0n) is 15.8. The zero-order valence-corrected chi connectivity index (χ0v) is 16.6.